The van der Waals surface area contributed by atoms with Gasteiger partial charge in [-0.2, -0.15) is 0 Å². The van der Waals surface area contributed by atoms with Crippen molar-refractivity contribution in [3.63, 3.8) is 0 Å². The minimum absolute atomic E-state index is 0.128. The van der Waals surface area contributed by atoms with E-state index < -0.39 is 5.66 Å². The standard InChI is InChI=1S/C26H25Cl2N3O2/c1-26(2)29-24(32)22-21(16-6-10-19(28)11-7-16)20-14-31(3)13-17(23(20)33-25(22)30-26)12-15-4-8-18(27)9-5-15/h4-12,21,30H,13-14H2,1-3H3,(H,29,32)/b17-12-. The summed E-state index contributed by atoms with van der Waals surface area (Å²) in [5.41, 5.74) is 4.12. The number of amides is 1. The predicted octanol–water partition coefficient (Wildman–Crippen LogP) is 5.06. The van der Waals surface area contributed by atoms with Gasteiger partial charge in [0.25, 0.3) is 5.91 Å². The van der Waals surface area contributed by atoms with Gasteiger partial charge in [-0.1, -0.05) is 47.5 Å². The summed E-state index contributed by atoms with van der Waals surface area (Å²) in [6, 6.07) is 15.4. The third kappa shape index (κ3) is 4.29. The molecular formula is C26H25Cl2N3O2. The second-order valence-electron chi connectivity index (χ2n) is 9.28. The molecule has 33 heavy (non-hydrogen) atoms. The van der Waals surface area contributed by atoms with Crippen LogP contribution >= 0.6 is 23.2 Å². The van der Waals surface area contributed by atoms with Crippen LogP contribution in [0.15, 0.2) is 76.9 Å². The molecular weight excluding hydrogens is 457 g/mol. The third-order valence-electron chi connectivity index (χ3n) is 6.06. The first-order chi connectivity index (χ1) is 15.7. The average molecular weight is 482 g/mol. The van der Waals surface area contributed by atoms with E-state index in [0.717, 1.165) is 34.6 Å². The first-order valence-corrected chi connectivity index (χ1v) is 11.6. The van der Waals surface area contributed by atoms with Crippen molar-refractivity contribution in [3.8, 4) is 0 Å². The lowest BCUT2D eigenvalue weighted by molar-refractivity contribution is -0.121. The van der Waals surface area contributed by atoms with Gasteiger partial charge in [0.2, 0.25) is 5.88 Å². The molecule has 0 saturated heterocycles. The van der Waals surface area contributed by atoms with Crippen LogP contribution in [0.4, 0.5) is 0 Å². The predicted molar refractivity (Wildman–Crippen MR) is 132 cm³/mol. The van der Waals surface area contributed by atoms with Gasteiger partial charge in [0.1, 0.15) is 11.4 Å². The Hall–Kier alpha value is -2.73. The molecule has 1 unspecified atom stereocenters. The summed E-state index contributed by atoms with van der Waals surface area (Å²) in [6.07, 6.45) is 2.12. The summed E-state index contributed by atoms with van der Waals surface area (Å²) in [4.78, 5) is 15.5. The van der Waals surface area contributed by atoms with Gasteiger partial charge in [-0.15, -0.1) is 0 Å². The summed E-state index contributed by atoms with van der Waals surface area (Å²) in [5.74, 6) is 0.950. The summed E-state index contributed by atoms with van der Waals surface area (Å²) >= 11 is 12.3. The molecule has 0 fully saturated rings. The van der Waals surface area contributed by atoms with Gasteiger partial charge in [-0.05, 0) is 67.9 Å². The van der Waals surface area contributed by atoms with Crippen LogP contribution in [0.25, 0.3) is 6.08 Å². The molecule has 0 radical (unpaired) electrons. The van der Waals surface area contributed by atoms with Gasteiger partial charge in [-0.25, -0.2) is 0 Å². The molecule has 5 nitrogen and oxygen atoms in total. The number of hydrogen-bond acceptors (Lipinski definition) is 4. The van der Waals surface area contributed by atoms with E-state index in [9.17, 15) is 4.79 Å². The molecule has 0 aliphatic carbocycles. The highest BCUT2D eigenvalue weighted by molar-refractivity contribution is 6.30. The van der Waals surface area contributed by atoms with Crippen molar-refractivity contribution in [1.29, 1.82) is 0 Å². The number of ether oxygens (including phenoxy) is 1. The van der Waals surface area contributed by atoms with Gasteiger partial charge in [0.15, 0.2) is 0 Å². The summed E-state index contributed by atoms with van der Waals surface area (Å²) in [7, 11) is 2.07. The summed E-state index contributed by atoms with van der Waals surface area (Å²) in [5, 5.41) is 7.79. The Bertz CT molecular complexity index is 1210. The number of likely N-dealkylation sites (N-methyl/N-ethyl adjacent to an activating group) is 1. The zero-order valence-corrected chi connectivity index (χ0v) is 20.2. The lowest BCUT2D eigenvalue weighted by Gasteiger charge is -2.43. The maximum atomic E-state index is 13.3. The molecule has 3 aliphatic rings. The van der Waals surface area contributed by atoms with Crippen LogP contribution < -0.4 is 10.6 Å². The van der Waals surface area contributed by atoms with Crippen molar-refractivity contribution >= 4 is 35.2 Å². The second-order valence-corrected chi connectivity index (χ2v) is 10.2. The lowest BCUT2D eigenvalue weighted by atomic mass is 9.78. The van der Waals surface area contributed by atoms with Gasteiger partial charge in [-0.3, -0.25) is 9.69 Å². The molecule has 170 valence electrons. The Morgan fingerprint density at radius 2 is 1.64 bits per heavy atom. The lowest BCUT2D eigenvalue weighted by Crippen LogP contribution is -2.60. The van der Waals surface area contributed by atoms with E-state index in [2.05, 4.69) is 28.7 Å². The minimum atomic E-state index is -0.621. The number of rotatable bonds is 2. The Balaban J connectivity index is 1.68. The number of nitrogens with one attached hydrogen (secondary N) is 2. The van der Waals surface area contributed by atoms with E-state index in [0.29, 0.717) is 28.0 Å². The van der Waals surface area contributed by atoms with E-state index in [4.69, 9.17) is 27.9 Å². The van der Waals surface area contributed by atoms with Crippen molar-refractivity contribution in [3.05, 3.63) is 98.1 Å². The molecule has 0 aromatic heterocycles. The Kier molecular flexibility index (Phi) is 5.52. The number of carbonyl (C=O) groups excluding carboxylic acids is 1. The van der Waals surface area contributed by atoms with Crippen LogP contribution in [0.5, 0.6) is 0 Å². The van der Waals surface area contributed by atoms with Crippen LogP contribution in [0.1, 0.15) is 30.9 Å². The fraction of sp³-hybridized carbons (Fsp3) is 0.269. The number of nitrogens with zero attached hydrogens (tertiary/aromatic N) is 1. The Morgan fingerprint density at radius 3 is 2.30 bits per heavy atom. The van der Waals surface area contributed by atoms with Gasteiger partial charge in [0, 0.05) is 34.6 Å². The quantitative estimate of drug-likeness (QED) is 0.629. The second kappa shape index (κ2) is 8.24. The van der Waals surface area contributed by atoms with E-state index in [-0.39, 0.29) is 11.8 Å². The van der Waals surface area contributed by atoms with Crippen LogP contribution in [0, 0.1) is 0 Å². The summed E-state index contributed by atoms with van der Waals surface area (Å²) < 4.78 is 6.47. The smallest absolute Gasteiger partial charge is 0.255 e. The molecule has 1 atom stereocenters. The van der Waals surface area contributed by atoms with Crippen molar-refractivity contribution in [2.24, 2.45) is 0 Å². The highest BCUT2D eigenvalue weighted by atomic mass is 35.5. The van der Waals surface area contributed by atoms with Gasteiger partial charge >= 0.3 is 0 Å². The molecule has 2 aromatic rings. The topological polar surface area (TPSA) is 53.6 Å². The van der Waals surface area contributed by atoms with Crippen LogP contribution in [-0.4, -0.2) is 36.6 Å². The van der Waals surface area contributed by atoms with E-state index >= 15 is 0 Å². The highest BCUT2D eigenvalue weighted by Gasteiger charge is 2.44. The maximum Gasteiger partial charge on any atom is 0.255 e. The highest BCUT2D eigenvalue weighted by Crippen LogP contribution is 2.45. The van der Waals surface area contributed by atoms with Crippen molar-refractivity contribution < 1.29 is 9.53 Å². The van der Waals surface area contributed by atoms with E-state index in [1.54, 1.807) is 0 Å². The molecule has 5 rings (SSSR count). The van der Waals surface area contributed by atoms with Crippen LogP contribution in [0.3, 0.4) is 0 Å². The molecule has 0 saturated carbocycles. The fourth-order valence-electron chi connectivity index (χ4n) is 4.69. The number of hydrogen-bond donors (Lipinski definition) is 2. The number of benzene rings is 2. The average Bonchev–Trinajstić information content (AvgIpc) is 2.74. The maximum absolute atomic E-state index is 13.3. The molecule has 0 spiro atoms. The third-order valence-corrected chi connectivity index (χ3v) is 6.56. The normalized spacial score (nSPS) is 23.5. The molecule has 7 heteroatoms. The van der Waals surface area contributed by atoms with Crippen molar-refractivity contribution in [1.82, 2.24) is 15.5 Å². The van der Waals surface area contributed by atoms with Crippen molar-refractivity contribution in [2.45, 2.75) is 25.4 Å². The zero-order valence-electron chi connectivity index (χ0n) is 18.7. The van der Waals surface area contributed by atoms with E-state index in [1.807, 2.05) is 62.4 Å². The molecule has 3 aliphatic heterocycles. The summed E-state index contributed by atoms with van der Waals surface area (Å²) in [6.45, 7) is 5.25. The number of carbonyl (C=O) groups is 1. The van der Waals surface area contributed by atoms with Crippen LogP contribution in [0.2, 0.25) is 10.0 Å². The molecule has 3 heterocycles. The largest absolute Gasteiger partial charge is 0.440 e. The Labute approximate surface area is 203 Å². The molecule has 2 aromatic carbocycles. The van der Waals surface area contributed by atoms with Crippen LogP contribution in [-0.2, 0) is 9.53 Å². The van der Waals surface area contributed by atoms with Gasteiger partial charge < -0.3 is 15.4 Å². The first-order valence-electron chi connectivity index (χ1n) is 10.9. The molecule has 0 bridgehead atoms. The molecule has 2 N–H and O–H groups in total. The zero-order chi connectivity index (χ0) is 23.3. The first kappa shape index (κ1) is 22.1. The molecule has 1 amide bonds. The SMILES string of the molecule is CN1CC2=C(OC3=C(C(=O)NC(C)(C)N3)C2c2ccc(Cl)cc2)/C(=C\c2ccc(Cl)cc2)C1. The fourth-order valence-corrected chi connectivity index (χ4v) is 4.94. The van der Waals surface area contributed by atoms with E-state index in [1.165, 1.54) is 0 Å². The number of halogens is 2. The van der Waals surface area contributed by atoms with Crippen molar-refractivity contribution in [2.75, 3.05) is 20.1 Å². The Morgan fingerprint density at radius 1 is 1.00 bits per heavy atom. The monoisotopic (exact) mass is 481 g/mol. The van der Waals surface area contributed by atoms with Gasteiger partial charge in [0.05, 0.1) is 5.57 Å². The minimum Gasteiger partial charge on any atom is -0.440 e.